The standard InChI is InChI=1S/C16H18N2O3S/c1-16(2,3)12-9-11(14(19)20)13(22-12)18-15(21)17-10-7-5-4-6-8-10/h4-9H,1-3H3,(H,19,20)(H2,17,18,21). The summed E-state index contributed by atoms with van der Waals surface area (Å²) in [6, 6.07) is 10.1. The molecular weight excluding hydrogens is 300 g/mol. The monoisotopic (exact) mass is 318 g/mol. The Morgan fingerprint density at radius 3 is 2.27 bits per heavy atom. The van der Waals surface area contributed by atoms with Crippen molar-refractivity contribution < 1.29 is 14.7 Å². The zero-order valence-electron chi connectivity index (χ0n) is 12.6. The largest absolute Gasteiger partial charge is 0.478 e. The van der Waals surface area contributed by atoms with E-state index in [1.165, 1.54) is 11.3 Å². The Hall–Kier alpha value is -2.34. The highest BCUT2D eigenvalue weighted by atomic mass is 32.1. The smallest absolute Gasteiger partial charge is 0.338 e. The van der Waals surface area contributed by atoms with Crippen LogP contribution in [-0.2, 0) is 5.41 Å². The number of carbonyl (C=O) groups excluding carboxylic acids is 1. The molecule has 1 aromatic heterocycles. The molecule has 2 aromatic rings. The second-order valence-corrected chi connectivity index (χ2v) is 6.91. The molecule has 0 aliphatic carbocycles. The summed E-state index contributed by atoms with van der Waals surface area (Å²) in [5.41, 5.74) is 0.577. The van der Waals surface area contributed by atoms with Crippen LogP contribution < -0.4 is 10.6 Å². The number of benzene rings is 1. The Kier molecular flexibility index (Phi) is 4.51. The van der Waals surface area contributed by atoms with Gasteiger partial charge in [0.05, 0.1) is 5.56 Å². The molecule has 0 spiro atoms. The van der Waals surface area contributed by atoms with Gasteiger partial charge < -0.3 is 10.4 Å². The lowest BCUT2D eigenvalue weighted by Crippen LogP contribution is -2.19. The highest BCUT2D eigenvalue weighted by Gasteiger charge is 2.23. The van der Waals surface area contributed by atoms with Crippen molar-refractivity contribution in [1.82, 2.24) is 0 Å². The second kappa shape index (κ2) is 6.19. The average molecular weight is 318 g/mol. The van der Waals surface area contributed by atoms with Gasteiger partial charge in [-0.25, -0.2) is 9.59 Å². The van der Waals surface area contributed by atoms with Gasteiger partial charge in [-0.15, -0.1) is 11.3 Å². The minimum Gasteiger partial charge on any atom is -0.478 e. The maximum absolute atomic E-state index is 12.0. The molecule has 22 heavy (non-hydrogen) atoms. The molecule has 0 bridgehead atoms. The van der Waals surface area contributed by atoms with Crippen LogP contribution >= 0.6 is 11.3 Å². The van der Waals surface area contributed by atoms with Gasteiger partial charge >= 0.3 is 12.0 Å². The molecule has 0 unspecified atom stereocenters. The lowest BCUT2D eigenvalue weighted by molar-refractivity contribution is 0.0698. The summed E-state index contributed by atoms with van der Waals surface area (Å²) in [6.45, 7) is 5.99. The summed E-state index contributed by atoms with van der Waals surface area (Å²) in [7, 11) is 0. The van der Waals surface area contributed by atoms with E-state index in [9.17, 15) is 14.7 Å². The van der Waals surface area contributed by atoms with E-state index in [4.69, 9.17) is 0 Å². The SMILES string of the molecule is CC(C)(C)c1cc(C(=O)O)c(NC(=O)Nc2ccccc2)s1. The topological polar surface area (TPSA) is 78.4 Å². The number of aromatic carboxylic acids is 1. The molecular formula is C16H18N2O3S. The number of hydrogen-bond donors (Lipinski definition) is 3. The summed E-state index contributed by atoms with van der Waals surface area (Å²) in [4.78, 5) is 24.2. The number of amides is 2. The first kappa shape index (κ1) is 16.0. The second-order valence-electron chi connectivity index (χ2n) is 5.85. The number of carbonyl (C=O) groups is 2. The fourth-order valence-electron chi connectivity index (χ4n) is 1.80. The van der Waals surface area contributed by atoms with Crippen molar-refractivity contribution in [2.45, 2.75) is 26.2 Å². The van der Waals surface area contributed by atoms with Crippen LogP contribution in [0.2, 0.25) is 0 Å². The lowest BCUT2D eigenvalue weighted by Gasteiger charge is -2.15. The third-order valence-corrected chi connectivity index (χ3v) is 4.44. The highest BCUT2D eigenvalue weighted by molar-refractivity contribution is 7.16. The first-order valence-electron chi connectivity index (χ1n) is 6.78. The van der Waals surface area contributed by atoms with Crippen molar-refractivity contribution >= 4 is 34.0 Å². The van der Waals surface area contributed by atoms with Gasteiger partial charge in [-0.05, 0) is 23.6 Å². The quantitative estimate of drug-likeness (QED) is 0.785. The first-order valence-corrected chi connectivity index (χ1v) is 7.59. The van der Waals surface area contributed by atoms with Crippen molar-refractivity contribution in [2.75, 3.05) is 10.6 Å². The van der Waals surface area contributed by atoms with Crippen molar-refractivity contribution in [1.29, 1.82) is 0 Å². The maximum Gasteiger partial charge on any atom is 0.338 e. The van der Waals surface area contributed by atoms with E-state index < -0.39 is 12.0 Å². The van der Waals surface area contributed by atoms with Crippen molar-refractivity contribution in [3.05, 3.63) is 46.8 Å². The number of anilines is 2. The van der Waals surface area contributed by atoms with Gasteiger partial charge in [0.1, 0.15) is 5.00 Å². The van der Waals surface area contributed by atoms with Crippen LogP contribution in [0.1, 0.15) is 36.0 Å². The molecule has 1 heterocycles. The van der Waals surface area contributed by atoms with Gasteiger partial charge in [0.25, 0.3) is 0 Å². The summed E-state index contributed by atoms with van der Waals surface area (Å²) >= 11 is 1.28. The number of para-hydroxylation sites is 1. The van der Waals surface area contributed by atoms with Crippen molar-refractivity contribution in [2.24, 2.45) is 0 Å². The molecule has 0 saturated heterocycles. The number of rotatable bonds is 3. The third kappa shape index (κ3) is 3.85. The molecule has 0 radical (unpaired) electrons. The predicted molar refractivity (Wildman–Crippen MR) is 89.1 cm³/mol. The number of carboxylic acids is 1. The van der Waals surface area contributed by atoms with Gasteiger partial charge in [0.2, 0.25) is 0 Å². The summed E-state index contributed by atoms with van der Waals surface area (Å²) in [5, 5.41) is 14.9. The van der Waals surface area contributed by atoms with E-state index >= 15 is 0 Å². The van der Waals surface area contributed by atoms with E-state index in [0.717, 1.165) is 4.88 Å². The Labute approximate surface area is 133 Å². The molecule has 0 aliphatic rings. The van der Waals surface area contributed by atoms with Crippen LogP contribution in [0, 0.1) is 0 Å². The minimum atomic E-state index is -1.05. The Balaban J connectivity index is 2.19. The summed E-state index contributed by atoms with van der Waals surface area (Å²) in [6.07, 6.45) is 0. The highest BCUT2D eigenvalue weighted by Crippen LogP contribution is 2.36. The van der Waals surface area contributed by atoms with Crippen LogP contribution in [0.3, 0.4) is 0 Å². The molecule has 0 saturated carbocycles. The van der Waals surface area contributed by atoms with Gasteiger partial charge in [0.15, 0.2) is 0 Å². The fraction of sp³-hybridized carbons (Fsp3) is 0.250. The number of urea groups is 1. The van der Waals surface area contributed by atoms with Crippen LogP contribution in [0.4, 0.5) is 15.5 Å². The van der Waals surface area contributed by atoms with Gasteiger partial charge in [-0.1, -0.05) is 39.0 Å². The Morgan fingerprint density at radius 1 is 1.09 bits per heavy atom. The molecule has 2 amide bonds. The van der Waals surface area contributed by atoms with Gasteiger partial charge in [-0.3, -0.25) is 5.32 Å². The van der Waals surface area contributed by atoms with Crippen LogP contribution in [0.25, 0.3) is 0 Å². The van der Waals surface area contributed by atoms with Crippen LogP contribution in [0.5, 0.6) is 0 Å². The fourth-order valence-corrected chi connectivity index (χ4v) is 2.90. The van der Waals surface area contributed by atoms with Crippen LogP contribution in [0.15, 0.2) is 36.4 Å². The van der Waals surface area contributed by atoms with E-state index in [1.807, 2.05) is 26.8 Å². The number of carboxylic acid groups (broad SMARTS) is 1. The van der Waals surface area contributed by atoms with E-state index in [1.54, 1.807) is 30.3 Å². The third-order valence-electron chi connectivity index (χ3n) is 2.96. The van der Waals surface area contributed by atoms with Crippen LogP contribution in [-0.4, -0.2) is 17.1 Å². The first-order chi connectivity index (χ1) is 10.3. The number of thiophene rings is 1. The molecule has 1 aromatic carbocycles. The minimum absolute atomic E-state index is 0.109. The Bertz CT molecular complexity index is 687. The zero-order chi connectivity index (χ0) is 16.3. The van der Waals surface area contributed by atoms with E-state index in [0.29, 0.717) is 10.7 Å². The molecule has 116 valence electrons. The summed E-state index contributed by atoms with van der Waals surface area (Å²) in [5.74, 6) is -1.05. The average Bonchev–Trinajstić information content (AvgIpc) is 2.83. The van der Waals surface area contributed by atoms with Gasteiger partial charge in [0, 0.05) is 10.6 Å². The molecule has 2 rings (SSSR count). The van der Waals surface area contributed by atoms with Crippen molar-refractivity contribution in [3.63, 3.8) is 0 Å². The molecule has 5 nitrogen and oxygen atoms in total. The molecule has 0 atom stereocenters. The lowest BCUT2D eigenvalue weighted by atomic mass is 9.94. The van der Waals surface area contributed by atoms with E-state index in [-0.39, 0.29) is 11.0 Å². The van der Waals surface area contributed by atoms with Crippen molar-refractivity contribution in [3.8, 4) is 0 Å². The molecule has 6 heteroatoms. The normalized spacial score (nSPS) is 11.0. The van der Waals surface area contributed by atoms with Gasteiger partial charge in [-0.2, -0.15) is 0 Å². The zero-order valence-corrected chi connectivity index (χ0v) is 13.5. The van der Waals surface area contributed by atoms with E-state index in [2.05, 4.69) is 10.6 Å². The Morgan fingerprint density at radius 2 is 1.73 bits per heavy atom. The summed E-state index contributed by atoms with van der Waals surface area (Å²) < 4.78 is 0. The predicted octanol–water partition coefficient (Wildman–Crippen LogP) is 4.39. The number of nitrogens with one attached hydrogen (secondary N) is 2. The molecule has 0 aliphatic heterocycles. The molecule has 0 fully saturated rings. The number of hydrogen-bond acceptors (Lipinski definition) is 3. The molecule has 3 N–H and O–H groups in total. The maximum atomic E-state index is 12.0.